The Bertz CT molecular complexity index is 1230. The van der Waals surface area contributed by atoms with Crippen molar-refractivity contribution in [3.05, 3.63) is 39.7 Å². The van der Waals surface area contributed by atoms with Crippen molar-refractivity contribution < 1.29 is 34.8 Å². The molecule has 8 N–H and O–H groups in total. The van der Waals surface area contributed by atoms with Crippen LogP contribution in [0.3, 0.4) is 0 Å². The molecule has 3 aliphatic rings. The molecule has 0 aliphatic heterocycles. The summed E-state index contributed by atoms with van der Waals surface area (Å²) in [6, 6.07) is 0.599. The molecule has 0 bridgehead atoms. The number of rotatable bonds is 4. The van der Waals surface area contributed by atoms with Gasteiger partial charge in [0.1, 0.15) is 22.8 Å². The Kier molecular flexibility index (Phi) is 5.70. The minimum absolute atomic E-state index is 0.0237. The molecular weight excluding hydrogens is 456 g/mol. The summed E-state index contributed by atoms with van der Waals surface area (Å²) in [6.45, 7) is -0.0237. The average molecular weight is 487 g/mol. The first kappa shape index (κ1) is 24.7. The molecule has 1 aromatic rings. The summed E-state index contributed by atoms with van der Waals surface area (Å²) in [6.07, 6.45) is 0.262. The van der Waals surface area contributed by atoms with Crippen molar-refractivity contribution in [3.8, 4) is 5.75 Å². The fourth-order valence-corrected chi connectivity index (χ4v) is 5.90. The molecule has 3 aliphatic carbocycles. The van der Waals surface area contributed by atoms with E-state index in [1.165, 1.54) is 4.90 Å². The number of phenols is 1. The summed E-state index contributed by atoms with van der Waals surface area (Å²) < 4.78 is 0. The predicted octanol–water partition coefficient (Wildman–Crippen LogP) is -0.511. The number of carbonyl (C=O) groups excluding carboxylic acids is 3. The number of phenolic OH excluding ortho intramolecular Hbond substituents is 1. The number of primary amides is 1. The summed E-state index contributed by atoms with van der Waals surface area (Å²) >= 11 is 0. The molecule has 4 atom stereocenters. The Labute approximate surface area is 201 Å². The Morgan fingerprint density at radius 2 is 1.80 bits per heavy atom. The zero-order valence-electron chi connectivity index (χ0n) is 20.0. The lowest BCUT2D eigenvalue weighted by Gasteiger charge is -2.50. The summed E-state index contributed by atoms with van der Waals surface area (Å²) in [7, 11) is 6.71. The van der Waals surface area contributed by atoms with E-state index >= 15 is 0 Å². The number of anilines is 1. The third-order valence-electron chi connectivity index (χ3n) is 7.48. The maximum Gasteiger partial charge on any atom is 0.255 e. The Morgan fingerprint density at radius 1 is 1.17 bits per heavy atom. The van der Waals surface area contributed by atoms with Gasteiger partial charge in [-0.2, -0.15) is 0 Å². The van der Waals surface area contributed by atoms with Gasteiger partial charge >= 0.3 is 0 Å². The lowest BCUT2D eigenvalue weighted by atomic mass is 9.57. The number of amides is 1. The zero-order chi connectivity index (χ0) is 26.1. The van der Waals surface area contributed by atoms with E-state index in [0.717, 1.165) is 0 Å². The van der Waals surface area contributed by atoms with Crippen LogP contribution in [0.4, 0.5) is 5.69 Å². The Balaban J connectivity index is 2.01. The smallest absolute Gasteiger partial charge is 0.255 e. The van der Waals surface area contributed by atoms with Crippen LogP contribution in [0, 0.1) is 11.8 Å². The maximum atomic E-state index is 13.8. The van der Waals surface area contributed by atoms with Crippen LogP contribution < -0.4 is 16.4 Å². The van der Waals surface area contributed by atoms with Crippen molar-refractivity contribution in [3.63, 3.8) is 0 Å². The van der Waals surface area contributed by atoms with Gasteiger partial charge in [-0.05, 0) is 44.5 Å². The second-order valence-corrected chi connectivity index (χ2v) is 9.82. The first-order valence-corrected chi connectivity index (χ1v) is 11.2. The van der Waals surface area contributed by atoms with Crippen molar-refractivity contribution in [1.29, 1.82) is 0 Å². The van der Waals surface area contributed by atoms with Crippen LogP contribution in [-0.2, 0) is 27.3 Å². The molecule has 1 aromatic carbocycles. The molecule has 4 rings (SSSR count). The normalized spacial score (nSPS) is 28.1. The fraction of sp³-hybridized carbons (Fsp3) is 0.458. The van der Waals surface area contributed by atoms with Gasteiger partial charge in [0.15, 0.2) is 11.4 Å². The number of carbonyl (C=O) groups is 3. The van der Waals surface area contributed by atoms with Crippen LogP contribution >= 0.6 is 0 Å². The first-order valence-electron chi connectivity index (χ1n) is 11.2. The molecule has 0 saturated heterocycles. The molecule has 0 radical (unpaired) electrons. The summed E-state index contributed by atoms with van der Waals surface area (Å²) in [4.78, 5) is 42.2. The van der Waals surface area contributed by atoms with E-state index < -0.39 is 58.0 Å². The van der Waals surface area contributed by atoms with Gasteiger partial charge in [-0.15, -0.1) is 0 Å². The van der Waals surface area contributed by atoms with Gasteiger partial charge in [-0.25, -0.2) is 0 Å². The first-order chi connectivity index (χ1) is 16.3. The van der Waals surface area contributed by atoms with Gasteiger partial charge in [0.05, 0.1) is 11.6 Å². The van der Waals surface area contributed by atoms with Gasteiger partial charge in [-0.1, -0.05) is 0 Å². The minimum Gasteiger partial charge on any atom is -0.508 e. The lowest BCUT2D eigenvalue weighted by Crippen LogP contribution is -2.65. The number of aliphatic hydroxyl groups excluding tert-OH is 2. The van der Waals surface area contributed by atoms with E-state index in [1.807, 2.05) is 0 Å². The van der Waals surface area contributed by atoms with Gasteiger partial charge in [0.25, 0.3) is 5.91 Å². The molecule has 0 heterocycles. The van der Waals surface area contributed by atoms with Crippen LogP contribution in [0.2, 0.25) is 0 Å². The monoisotopic (exact) mass is 486 g/mol. The highest BCUT2D eigenvalue weighted by Gasteiger charge is 2.64. The summed E-state index contributed by atoms with van der Waals surface area (Å²) in [5, 5.41) is 44.6. The molecule has 0 aromatic heterocycles. The number of ketones is 2. The molecule has 1 amide bonds. The third-order valence-corrected chi connectivity index (χ3v) is 7.48. The van der Waals surface area contributed by atoms with Gasteiger partial charge in [-0.3, -0.25) is 19.3 Å². The highest BCUT2D eigenvalue weighted by molar-refractivity contribution is 6.24. The van der Waals surface area contributed by atoms with Crippen molar-refractivity contribution in [2.75, 3.05) is 33.1 Å². The number of Topliss-reactive ketones (excluding diaryl/α,β-unsaturated/α-hetero) is 2. The number of fused-ring (bicyclic) bond motifs is 3. The number of hydrogen-bond acceptors (Lipinski definition) is 10. The van der Waals surface area contributed by atoms with Gasteiger partial charge in [0.2, 0.25) is 5.78 Å². The highest BCUT2D eigenvalue weighted by atomic mass is 16.3. The number of likely N-dealkylation sites (N-methyl/N-ethyl adjacent to an activating group) is 1. The number of benzene rings is 1. The number of nitrogens with zero attached hydrogens (tertiary/aromatic N) is 2. The molecule has 1 fully saturated rings. The molecule has 188 valence electrons. The third kappa shape index (κ3) is 3.19. The van der Waals surface area contributed by atoms with Gasteiger partial charge in [0, 0.05) is 43.4 Å². The van der Waals surface area contributed by atoms with Crippen LogP contribution in [0.25, 0.3) is 5.76 Å². The van der Waals surface area contributed by atoms with Crippen molar-refractivity contribution in [2.45, 2.75) is 31.0 Å². The quantitative estimate of drug-likeness (QED) is 0.302. The van der Waals surface area contributed by atoms with Crippen LogP contribution in [0.5, 0.6) is 5.75 Å². The standard InChI is InChI=1S/C24H30N4O7/c1-27(2)13-7-10(8-25)18(29)15-11(13)5-9-6-12-17(28(3)4)20(31)16(23(26)34)22(33)24(12,35)21(32)14(9)19(15)30/h7,9,12,17,29-30,33,35H,5-6,8,25H2,1-4H3,(H2,26,34)/t9?,12?,17-,24+/m1/s1. The zero-order valence-corrected chi connectivity index (χ0v) is 20.0. The van der Waals surface area contributed by atoms with Crippen LogP contribution in [0.1, 0.15) is 23.1 Å². The van der Waals surface area contributed by atoms with Crippen LogP contribution in [-0.4, -0.2) is 82.6 Å². The summed E-state index contributed by atoms with van der Waals surface area (Å²) in [5.74, 6) is -6.74. The molecular formula is C24H30N4O7. The largest absolute Gasteiger partial charge is 0.508 e. The molecule has 35 heavy (non-hydrogen) atoms. The van der Waals surface area contributed by atoms with E-state index in [9.17, 15) is 34.8 Å². The predicted molar refractivity (Wildman–Crippen MR) is 126 cm³/mol. The molecule has 0 spiro atoms. The van der Waals surface area contributed by atoms with Crippen molar-refractivity contribution in [2.24, 2.45) is 23.3 Å². The van der Waals surface area contributed by atoms with Crippen molar-refractivity contribution in [1.82, 2.24) is 4.90 Å². The number of hydrogen-bond donors (Lipinski definition) is 6. The summed E-state index contributed by atoms with van der Waals surface area (Å²) in [5.41, 5.74) is 9.10. The molecule has 11 heteroatoms. The van der Waals surface area contributed by atoms with E-state index in [2.05, 4.69) is 0 Å². The van der Waals surface area contributed by atoms with Gasteiger partial charge < -0.3 is 36.8 Å². The molecule has 11 nitrogen and oxygen atoms in total. The highest BCUT2D eigenvalue weighted by Crippen LogP contribution is 2.54. The molecule has 1 saturated carbocycles. The second kappa shape index (κ2) is 8.08. The maximum absolute atomic E-state index is 13.8. The van der Waals surface area contributed by atoms with E-state index in [1.54, 1.807) is 39.2 Å². The second-order valence-electron chi connectivity index (χ2n) is 9.82. The number of aliphatic hydroxyl groups is 3. The van der Waals surface area contributed by atoms with Crippen LogP contribution in [0.15, 0.2) is 23.0 Å². The number of nitrogens with two attached hydrogens (primary N) is 2. The van der Waals surface area contributed by atoms with E-state index in [4.69, 9.17) is 11.5 Å². The lowest BCUT2D eigenvalue weighted by molar-refractivity contribution is -0.153. The van der Waals surface area contributed by atoms with Crippen molar-refractivity contribution >= 4 is 28.9 Å². The number of aromatic hydroxyl groups is 1. The minimum atomic E-state index is -2.66. The topological polar surface area (TPSA) is 191 Å². The average Bonchev–Trinajstić information content (AvgIpc) is 2.75. The molecule has 2 unspecified atom stereocenters. The SMILES string of the molecule is CN(C)c1cc(CN)c(O)c2c1CC1CC3[C@@H](N(C)C)C(=O)C(C(N)=O)=C(O)[C@@]3(O)C(=O)C1=C2O. The fourth-order valence-electron chi connectivity index (χ4n) is 5.90. The Hall–Kier alpha value is -3.41. The van der Waals surface area contributed by atoms with E-state index in [-0.39, 0.29) is 36.3 Å². The van der Waals surface area contributed by atoms with E-state index in [0.29, 0.717) is 16.8 Å². The Morgan fingerprint density at radius 3 is 2.31 bits per heavy atom.